The average Bonchev–Trinajstić information content (AvgIpc) is 3.18. The van der Waals surface area contributed by atoms with Crippen LogP contribution in [0.2, 0.25) is 0 Å². The SMILES string of the molecule is CN(Cc1cn[nH]c1)C(=O)c1sccc1-c1ccccc1. The highest BCUT2D eigenvalue weighted by atomic mass is 32.1. The lowest BCUT2D eigenvalue weighted by molar-refractivity contribution is 0.0790. The van der Waals surface area contributed by atoms with Gasteiger partial charge >= 0.3 is 0 Å². The first-order chi connectivity index (χ1) is 10.3. The summed E-state index contributed by atoms with van der Waals surface area (Å²) in [6.07, 6.45) is 3.53. The van der Waals surface area contributed by atoms with E-state index < -0.39 is 0 Å². The number of hydrogen-bond donors (Lipinski definition) is 1. The number of thiophene rings is 1. The summed E-state index contributed by atoms with van der Waals surface area (Å²) in [7, 11) is 1.81. The van der Waals surface area contributed by atoms with Crippen molar-refractivity contribution in [2.45, 2.75) is 6.54 Å². The van der Waals surface area contributed by atoms with Gasteiger partial charge in [0, 0.05) is 30.9 Å². The van der Waals surface area contributed by atoms with Gasteiger partial charge in [-0.25, -0.2) is 0 Å². The maximum absolute atomic E-state index is 12.6. The standard InChI is InChI=1S/C16H15N3OS/c1-19(11-12-9-17-18-10-12)16(20)15-14(7-8-21-15)13-5-3-2-4-6-13/h2-10H,11H2,1H3,(H,17,18). The topological polar surface area (TPSA) is 49.0 Å². The van der Waals surface area contributed by atoms with E-state index in [0.717, 1.165) is 21.6 Å². The Hall–Kier alpha value is -2.40. The zero-order valence-electron chi connectivity index (χ0n) is 11.6. The number of aromatic nitrogens is 2. The van der Waals surface area contributed by atoms with Crippen molar-refractivity contribution in [1.82, 2.24) is 15.1 Å². The largest absolute Gasteiger partial charge is 0.337 e. The molecule has 3 aromatic rings. The van der Waals surface area contributed by atoms with Crippen molar-refractivity contribution in [1.29, 1.82) is 0 Å². The van der Waals surface area contributed by atoms with Crippen LogP contribution in [0.3, 0.4) is 0 Å². The van der Waals surface area contributed by atoms with Crippen molar-refractivity contribution in [2.75, 3.05) is 7.05 Å². The fourth-order valence-electron chi connectivity index (χ4n) is 2.20. The van der Waals surface area contributed by atoms with E-state index in [-0.39, 0.29) is 5.91 Å². The molecule has 0 aliphatic heterocycles. The van der Waals surface area contributed by atoms with Gasteiger partial charge in [0.05, 0.1) is 11.1 Å². The molecule has 1 aromatic carbocycles. The summed E-state index contributed by atoms with van der Waals surface area (Å²) < 4.78 is 0. The van der Waals surface area contributed by atoms with Crippen LogP contribution in [0, 0.1) is 0 Å². The smallest absolute Gasteiger partial charge is 0.264 e. The fraction of sp³-hybridized carbons (Fsp3) is 0.125. The maximum atomic E-state index is 12.6. The molecule has 0 aliphatic rings. The third-order valence-corrected chi connectivity index (χ3v) is 4.17. The number of amides is 1. The number of aromatic amines is 1. The molecule has 3 rings (SSSR count). The van der Waals surface area contributed by atoms with E-state index in [1.807, 2.05) is 48.8 Å². The number of carbonyl (C=O) groups is 1. The first-order valence-electron chi connectivity index (χ1n) is 6.62. The van der Waals surface area contributed by atoms with E-state index in [0.29, 0.717) is 6.54 Å². The maximum Gasteiger partial charge on any atom is 0.264 e. The highest BCUT2D eigenvalue weighted by Crippen LogP contribution is 2.29. The van der Waals surface area contributed by atoms with Crippen LogP contribution in [0.4, 0.5) is 0 Å². The van der Waals surface area contributed by atoms with Gasteiger partial charge in [0.1, 0.15) is 0 Å². The third-order valence-electron chi connectivity index (χ3n) is 3.27. The lowest BCUT2D eigenvalue weighted by Gasteiger charge is -2.16. The summed E-state index contributed by atoms with van der Waals surface area (Å²) in [4.78, 5) is 15.1. The third kappa shape index (κ3) is 2.87. The Morgan fingerprint density at radius 3 is 2.81 bits per heavy atom. The molecule has 106 valence electrons. The second-order valence-corrected chi connectivity index (χ2v) is 5.71. The second-order valence-electron chi connectivity index (χ2n) is 4.80. The van der Waals surface area contributed by atoms with Crippen molar-refractivity contribution in [3.05, 3.63) is 64.6 Å². The molecule has 0 radical (unpaired) electrons. The first-order valence-corrected chi connectivity index (χ1v) is 7.49. The summed E-state index contributed by atoms with van der Waals surface area (Å²) in [6, 6.07) is 12.0. The molecular weight excluding hydrogens is 282 g/mol. The van der Waals surface area contributed by atoms with Crippen LogP contribution in [0.15, 0.2) is 54.2 Å². The van der Waals surface area contributed by atoms with Crippen LogP contribution >= 0.6 is 11.3 Å². The molecule has 0 spiro atoms. The van der Waals surface area contributed by atoms with E-state index in [9.17, 15) is 4.79 Å². The Bertz CT molecular complexity index is 719. The van der Waals surface area contributed by atoms with Crippen molar-refractivity contribution < 1.29 is 4.79 Å². The molecule has 1 amide bonds. The van der Waals surface area contributed by atoms with Crippen molar-refractivity contribution in [2.24, 2.45) is 0 Å². The number of H-pyrrole nitrogens is 1. The van der Waals surface area contributed by atoms with Crippen LogP contribution in [0.1, 0.15) is 15.2 Å². The molecular formula is C16H15N3OS. The number of benzene rings is 1. The van der Waals surface area contributed by atoms with Crippen LogP contribution < -0.4 is 0 Å². The zero-order valence-corrected chi connectivity index (χ0v) is 12.4. The second kappa shape index (κ2) is 5.93. The van der Waals surface area contributed by atoms with Gasteiger partial charge in [0.2, 0.25) is 0 Å². The summed E-state index contributed by atoms with van der Waals surface area (Å²) in [5.74, 6) is 0.0325. The van der Waals surface area contributed by atoms with Gasteiger partial charge in [-0.05, 0) is 17.0 Å². The number of carbonyl (C=O) groups excluding carboxylic acids is 1. The number of nitrogens with one attached hydrogen (secondary N) is 1. The molecule has 2 aromatic heterocycles. The van der Waals surface area contributed by atoms with Gasteiger partial charge in [0.25, 0.3) is 5.91 Å². The van der Waals surface area contributed by atoms with Gasteiger partial charge in [0.15, 0.2) is 0 Å². The van der Waals surface area contributed by atoms with Crippen molar-refractivity contribution in [3.63, 3.8) is 0 Å². The molecule has 0 atom stereocenters. The van der Waals surface area contributed by atoms with Crippen molar-refractivity contribution in [3.8, 4) is 11.1 Å². The van der Waals surface area contributed by atoms with E-state index >= 15 is 0 Å². The minimum atomic E-state index is 0.0325. The van der Waals surface area contributed by atoms with Crippen LogP contribution in [-0.2, 0) is 6.54 Å². The number of hydrogen-bond acceptors (Lipinski definition) is 3. The monoisotopic (exact) mass is 297 g/mol. The van der Waals surface area contributed by atoms with Crippen molar-refractivity contribution >= 4 is 17.2 Å². The van der Waals surface area contributed by atoms with Gasteiger partial charge in [-0.3, -0.25) is 9.89 Å². The number of nitrogens with zero attached hydrogens (tertiary/aromatic N) is 2. The Morgan fingerprint density at radius 2 is 2.10 bits per heavy atom. The first kappa shape index (κ1) is 13.6. The van der Waals surface area contributed by atoms with Gasteiger partial charge in [-0.2, -0.15) is 5.10 Å². The average molecular weight is 297 g/mol. The molecule has 0 unspecified atom stereocenters. The lowest BCUT2D eigenvalue weighted by Crippen LogP contribution is -2.25. The van der Waals surface area contributed by atoms with Gasteiger partial charge in [-0.15, -0.1) is 11.3 Å². The van der Waals surface area contributed by atoms with E-state index in [1.165, 1.54) is 11.3 Å². The molecule has 5 heteroatoms. The summed E-state index contributed by atoms with van der Waals surface area (Å²) in [5, 5.41) is 8.62. The molecule has 0 aliphatic carbocycles. The van der Waals surface area contributed by atoms with Gasteiger partial charge in [-0.1, -0.05) is 30.3 Å². The predicted octanol–water partition coefficient (Wildman–Crippen LogP) is 3.41. The Labute approximate surface area is 127 Å². The molecule has 0 bridgehead atoms. The zero-order chi connectivity index (χ0) is 14.7. The van der Waals surface area contributed by atoms with E-state index in [1.54, 1.807) is 17.3 Å². The minimum Gasteiger partial charge on any atom is -0.337 e. The Morgan fingerprint density at radius 1 is 1.29 bits per heavy atom. The van der Waals surface area contributed by atoms with Gasteiger partial charge < -0.3 is 4.90 Å². The summed E-state index contributed by atoms with van der Waals surface area (Å²) >= 11 is 1.48. The Balaban J connectivity index is 1.84. The molecule has 21 heavy (non-hydrogen) atoms. The molecule has 4 nitrogen and oxygen atoms in total. The lowest BCUT2D eigenvalue weighted by atomic mass is 10.1. The highest BCUT2D eigenvalue weighted by Gasteiger charge is 2.18. The normalized spacial score (nSPS) is 10.5. The van der Waals surface area contributed by atoms with Crippen LogP contribution in [0.25, 0.3) is 11.1 Å². The molecule has 1 N–H and O–H groups in total. The summed E-state index contributed by atoms with van der Waals surface area (Å²) in [6.45, 7) is 0.543. The fourth-order valence-corrected chi connectivity index (χ4v) is 3.11. The molecule has 0 saturated carbocycles. The highest BCUT2D eigenvalue weighted by molar-refractivity contribution is 7.12. The number of rotatable bonds is 4. The predicted molar refractivity (Wildman–Crippen MR) is 84.1 cm³/mol. The minimum absolute atomic E-state index is 0.0325. The van der Waals surface area contributed by atoms with E-state index in [2.05, 4.69) is 10.2 Å². The molecule has 2 heterocycles. The Kier molecular flexibility index (Phi) is 3.83. The summed E-state index contributed by atoms with van der Waals surface area (Å²) in [5.41, 5.74) is 3.05. The van der Waals surface area contributed by atoms with Crippen LogP contribution in [0.5, 0.6) is 0 Å². The molecule has 0 fully saturated rings. The van der Waals surface area contributed by atoms with E-state index in [4.69, 9.17) is 0 Å². The van der Waals surface area contributed by atoms with Crippen LogP contribution in [-0.4, -0.2) is 28.1 Å². The molecule has 0 saturated heterocycles. The quantitative estimate of drug-likeness (QED) is 0.802.